The Balaban J connectivity index is 0.00000280. The van der Waals surface area contributed by atoms with Crippen LogP contribution in [0.2, 0.25) is 0 Å². The number of aliphatic imine (C=N–C) groups is 1. The smallest absolute Gasteiger partial charge is 0.194 e. The minimum atomic E-state index is 0. The Hall–Kier alpha value is -1.80. The molecule has 0 aliphatic carbocycles. The second-order valence-corrected chi connectivity index (χ2v) is 6.73. The lowest BCUT2D eigenvalue weighted by atomic mass is 10.1. The number of hydrogen-bond acceptors (Lipinski definition) is 3. The predicted molar refractivity (Wildman–Crippen MR) is 128 cm³/mol. The van der Waals surface area contributed by atoms with Crippen LogP contribution in [0.15, 0.2) is 59.6 Å². The maximum Gasteiger partial charge on any atom is 0.194 e. The zero-order valence-corrected chi connectivity index (χ0v) is 19.1. The number of ether oxygens (including phenoxy) is 1. The molecule has 0 aromatic heterocycles. The van der Waals surface area contributed by atoms with Gasteiger partial charge in [-0.2, -0.15) is 0 Å². The van der Waals surface area contributed by atoms with Crippen molar-refractivity contribution in [2.24, 2.45) is 4.99 Å². The Kier molecular flexibility index (Phi) is 9.57. The van der Waals surface area contributed by atoms with Gasteiger partial charge in [-0.15, -0.1) is 24.0 Å². The summed E-state index contributed by atoms with van der Waals surface area (Å²) in [5, 5.41) is 3.45. The van der Waals surface area contributed by atoms with Crippen molar-refractivity contribution in [2.75, 3.05) is 44.7 Å². The fraction of sp³-hybridized carbons (Fsp3) is 0.409. The molecule has 0 amide bonds. The standard InChI is InChI=1S/C22H30N4O.HI/c1-3-23-22(24-17-19-8-7-9-20(16-19)18-27-2)26-14-12-25(13-15-26)21-10-5-4-6-11-21;/h4-11,16H,3,12-15,17-18H2,1-2H3,(H,23,24);1H. The number of guanidine groups is 1. The fourth-order valence-electron chi connectivity index (χ4n) is 3.39. The summed E-state index contributed by atoms with van der Waals surface area (Å²) < 4.78 is 5.23. The van der Waals surface area contributed by atoms with Gasteiger partial charge in [-0.25, -0.2) is 4.99 Å². The molecule has 5 nitrogen and oxygen atoms in total. The molecular formula is C22H31IN4O. The summed E-state index contributed by atoms with van der Waals surface area (Å²) in [5.74, 6) is 1.00. The van der Waals surface area contributed by atoms with Crippen molar-refractivity contribution in [1.82, 2.24) is 10.2 Å². The van der Waals surface area contributed by atoms with Gasteiger partial charge < -0.3 is 19.9 Å². The van der Waals surface area contributed by atoms with E-state index in [9.17, 15) is 0 Å². The van der Waals surface area contributed by atoms with E-state index >= 15 is 0 Å². The van der Waals surface area contributed by atoms with E-state index in [0.717, 1.165) is 38.7 Å². The van der Waals surface area contributed by atoms with E-state index in [1.54, 1.807) is 7.11 Å². The molecule has 0 atom stereocenters. The van der Waals surface area contributed by atoms with Gasteiger partial charge in [-0.1, -0.05) is 42.5 Å². The minimum Gasteiger partial charge on any atom is -0.380 e. The first-order valence-electron chi connectivity index (χ1n) is 9.70. The maximum atomic E-state index is 5.23. The maximum absolute atomic E-state index is 5.23. The normalized spacial score (nSPS) is 14.6. The molecular weight excluding hydrogens is 463 g/mol. The summed E-state index contributed by atoms with van der Waals surface area (Å²) >= 11 is 0. The third kappa shape index (κ3) is 6.38. The Labute approximate surface area is 185 Å². The van der Waals surface area contributed by atoms with Gasteiger partial charge in [-0.3, -0.25) is 0 Å². The van der Waals surface area contributed by atoms with Gasteiger partial charge in [0.1, 0.15) is 0 Å². The molecule has 6 heteroatoms. The van der Waals surface area contributed by atoms with E-state index in [4.69, 9.17) is 9.73 Å². The van der Waals surface area contributed by atoms with Crippen LogP contribution < -0.4 is 10.2 Å². The molecule has 1 N–H and O–H groups in total. The molecule has 1 heterocycles. The Morgan fingerprint density at radius 3 is 2.39 bits per heavy atom. The summed E-state index contributed by atoms with van der Waals surface area (Å²) in [6, 6.07) is 19.1. The summed E-state index contributed by atoms with van der Waals surface area (Å²) in [6.07, 6.45) is 0. The van der Waals surface area contributed by atoms with Crippen molar-refractivity contribution in [1.29, 1.82) is 0 Å². The topological polar surface area (TPSA) is 40.1 Å². The number of hydrogen-bond donors (Lipinski definition) is 1. The van der Waals surface area contributed by atoms with E-state index in [-0.39, 0.29) is 24.0 Å². The summed E-state index contributed by atoms with van der Waals surface area (Å²) in [7, 11) is 1.73. The molecule has 0 spiro atoms. The van der Waals surface area contributed by atoms with Gasteiger partial charge in [0.05, 0.1) is 13.2 Å². The zero-order chi connectivity index (χ0) is 18.9. The molecule has 1 aliphatic heterocycles. The molecule has 0 saturated carbocycles. The van der Waals surface area contributed by atoms with Crippen molar-refractivity contribution in [3.63, 3.8) is 0 Å². The van der Waals surface area contributed by atoms with E-state index < -0.39 is 0 Å². The van der Waals surface area contributed by atoms with Crippen LogP contribution in [0.5, 0.6) is 0 Å². The van der Waals surface area contributed by atoms with Crippen LogP contribution in [-0.2, 0) is 17.9 Å². The molecule has 2 aromatic rings. The third-order valence-corrected chi connectivity index (χ3v) is 4.75. The number of methoxy groups -OCH3 is 1. The van der Waals surface area contributed by atoms with Crippen LogP contribution in [-0.4, -0.2) is 50.7 Å². The number of anilines is 1. The lowest BCUT2D eigenvalue weighted by molar-refractivity contribution is 0.185. The molecule has 0 bridgehead atoms. The summed E-state index contributed by atoms with van der Waals surface area (Å²) in [5.41, 5.74) is 3.70. The van der Waals surface area contributed by atoms with Crippen LogP contribution in [0.25, 0.3) is 0 Å². The first-order chi connectivity index (χ1) is 13.3. The number of halogens is 1. The molecule has 1 fully saturated rings. The van der Waals surface area contributed by atoms with E-state index in [0.29, 0.717) is 13.2 Å². The molecule has 0 radical (unpaired) electrons. The van der Waals surface area contributed by atoms with Gasteiger partial charge in [0.2, 0.25) is 0 Å². The Morgan fingerprint density at radius 1 is 1.00 bits per heavy atom. The molecule has 1 saturated heterocycles. The number of para-hydroxylation sites is 1. The van der Waals surface area contributed by atoms with E-state index in [1.165, 1.54) is 16.8 Å². The number of nitrogens with zero attached hydrogens (tertiary/aromatic N) is 3. The highest BCUT2D eigenvalue weighted by Crippen LogP contribution is 2.16. The predicted octanol–water partition coefficient (Wildman–Crippen LogP) is 3.74. The van der Waals surface area contributed by atoms with Crippen molar-refractivity contribution >= 4 is 35.6 Å². The van der Waals surface area contributed by atoms with Gasteiger partial charge in [0.15, 0.2) is 5.96 Å². The average molecular weight is 494 g/mol. The molecule has 28 heavy (non-hydrogen) atoms. The lowest BCUT2D eigenvalue weighted by Gasteiger charge is -2.37. The largest absolute Gasteiger partial charge is 0.380 e. The van der Waals surface area contributed by atoms with Gasteiger partial charge >= 0.3 is 0 Å². The van der Waals surface area contributed by atoms with Gasteiger partial charge in [0.25, 0.3) is 0 Å². The van der Waals surface area contributed by atoms with Crippen molar-refractivity contribution < 1.29 is 4.74 Å². The van der Waals surface area contributed by atoms with Crippen LogP contribution in [0, 0.1) is 0 Å². The number of piperazine rings is 1. The van der Waals surface area contributed by atoms with Crippen molar-refractivity contribution in [3.8, 4) is 0 Å². The molecule has 152 valence electrons. The Morgan fingerprint density at radius 2 is 1.71 bits per heavy atom. The molecule has 2 aromatic carbocycles. The minimum absolute atomic E-state index is 0. The first-order valence-corrected chi connectivity index (χ1v) is 9.70. The fourth-order valence-corrected chi connectivity index (χ4v) is 3.39. The number of nitrogens with one attached hydrogen (secondary N) is 1. The summed E-state index contributed by atoms with van der Waals surface area (Å²) in [6.45, 7) is 8.29. The number of benzene rings is 2. The van der Waals surface area contributed by atoms with Gasteiger partial charge in [-0.05, 0) is 30.2 Å². The second kappa shape index (κ2) is 11.9. The Bertz CT molecular complexity index is 730. The highest BCUT2D eigenvalue weighted by atomic mass is 127. The quantitative estimate of drug-likeness (QED) is 0.378. The van der Waals surface area contributed by atoms with Crippen LogP contribution in [0.4, 0.5) is 5.69 Å². The van der Waals surface area contributed by atoms with E-state index in [2.05, 4.69) is 76.6 Å². The highest BCUT2D eigenvalue weighted by molar-refractivity contribution is 14.0. The van der Waals surface area contributed by atoms with E-state index in [1.807, 2.05) is 0 Å². The summed E-state index contributed by atoms with van der Waals surface area (Å²) in [4.78, 5) is 9.68. The average Bonchev–Trinajstić information content (AvgIpc) is 2.72. The zero-order valence-electron chi connectivity index (χ0n) is 16.8. The molecule has 3 rings (SSSR count). The highest BCUT2D eigenvalue weighted by Gasteiger charge is 2.19. The van der Waals surface area contributed by atoms with Crippen molar-refractivity contribution in [3.05, 3.63) is 65.7 Å². The molecule has 1 aliphatic rings. The third-order valence-electron chi connectivity index (χ3n) is 4.75. The lowest BCUT2D eigenvalue weighted by Crippen LogP contribution is -2.52. The first kappa shape index (κ1) is 22.5. The van der Waals surface area contributed by atoms with Gasteiger partial charge in [0, 0.05) is 45.5 Å². The van der Waals surface area contributed by atoms with Crippen molar-refractivity contribution in [2.45, 2.75) is 20.1 Å². The van der Waals surface area contributed by atoms with Crippen LogP contribution >= 0.6 is 24.0 Å². The van der Waals surface area contributed by atoms with Crippen LogP contribution in [0.1, 0.15) is 18.1 Å². The monoisotopic (exact) mass is 494 g/mol. The second-order valence-electron chi connectivity index (χ2n) is 6.73. The molecule has 0 unspecified atom stereocenters. The number of rotatable bonds is 6. The van der Waals surface area contributed by atoms with Crippen LogP contribution in [0.3, 0.4) is 0 Å². The SMILES string of the molecule is CCNC(=NCc1cccc(COC)c1)N1CCN(c2ccccc2)CC1.I.